The van der Waals surface area contributed by atoms with Crippen molar-refractivity contribution in [1.82, 2.24) is 10.1 Å². The number of hydrogen-bond donors (Lipinski definition) is 0. The molecule has 1 aliphatic heterocycles. The number of benzene rings is 1. The summed E-state index contributed by atoms with van der Waals surface area (Å²) in [6.45, 7) is 6.09. The third-order valence-corrected chi connectivity index (χ3v) is 3.82. The summed E-state index contributed by atoms with van der Waals surface area (Å²) in [5, 5.41) is 4.12. The molecule has 0 aliphatic carbocycles. The predicted octanol–water partition coefficient (Wildman–Crippen LogP) is 2.74. The second-order valence-corrected chi connectivity index (χ2v) is 5.40. The van der Waals surface area contributed by atoms with Gasteiger partial charge in [-0.3, -0.25) is 0 Å². The number of anilines is 2. The van der Waals surface area contributed by atoms with E-state index in [2.05, 4.69) is 57.2 Å². The van der Waals surface area contributed by atoms with Gasteiger partial charge >= 0.3 is 0 Å². The molecule has 1 aromatic carbocycles. The normalized spacial score (nSPS) is 16.0. The molecule has 0 unspecified atom stereocenters. The molecule has 5 nitrogen and oxygen atoms in total. The average molecular weight is 286 g/mol. The van der Waals surface area contributed by atoms with Crippen LogP contribution in [0.2, 0.25) is 0 Å². The van der Waals surface area contributed by atoms with Crippen molar-refractivity contribution in [3.63, 3.8) is 0 Å². The van der Waals surface area contributed by atoms with Crippen molar-refractivity contribution >= 4 is 11.6 Å². The van der Waals surface area contributed by atoms with Crippen LogP contribution < -0.4 is 9.80 Å². The molecule has 112 valence electrons. The van der Waals surface area contributed by atoms with Gasteiger partial charge in [0.1, 0.15) is 0 Å². The Morgan fingerprint density at radius 1 is 1.05 bits per heavy atom. The van der Waals surface area contributed by atoms with Crippen LogP contribution in [0.3, 0.4) is 0 Å². The highest BCUT2D eigenvalue weighted by Crippen LogP contribution is 2.18. The molecule has 0 amide bonds. The van der Waals surface area contributed by atoms with Gasteiger partial charge in [0, 0.05) is 38.3 Å². The van der Waals surface area contributed by atoms with Crippen LogP contribution in [0.5, 0.6) is 0 Å². The van der Waals surface area contributed by atoms with E-state index >= 15 is 0 Å². The lowest BCUT2D eigenvalue weighted by Gasteiger charge is -2.22. The van der Waals surface area contributed by atoms with Gasteiger partial charge in [0.25, 0.3) is 5.95 Å². The van der Waals surface area contributed by atoms with Crippen molar-refractivity contribution in [1.29, 1.82) is 0 Å². The van der Waals surface area contributed by atoms with Crippen LogP contribution in [0.25, 0.3) is 0 Å². The van der Waals surface area contributed by atoms with E-state index in [0.717, 1.165) is 57.3 Å². The Morgan fingerprint density at radius 2 is 1.81 bits per heavy atom. The first-order valence-corrected chi connectivity index (χ1v) is 7.74. The Labute approximate surface area is 125 Å². The summed E-state index contributed by atoms with van der Waals surface area (Å²) in [4.78, 5) is 9.14. The van der Waals surface area contributed by atoms with Crippen LogP contribution in [0.4, 0.5) is 11.6 Å². The molecule has 1 saturated heterocycles. The van der Waals surface area contributed by atoms with Gasteiger partial charge in [-0.25, -0.2) is 0 Å². The molecule has 1 fully saturated rings. The lowest BCUT2D eigenvalue weighted by molar-refractivity contribution is 0.376. The molecule has 0 bridgehead atoms. The van der Waals surface area contributed by atoms with Gasteiger partial charge in [0.15, 0.2) is 0 Å². The van der Waals surface area contributed by atoms with Gasteiger partial charge in [-0.05, 0) is 30.1 Å². The molecular formula is C16H22N4O. The molecule has 0 N–H and O–H groups in total. The molecule has 5 heteroatoms. The van der Waals surface area contributed by atoms with Crippen molar-refractivity contribution in [3.8, 4) is 0 Å². The number of para-hydroxylation sites is 1. The quantitative estimate of drug-likeness (QED) is 0.864. The average Bonchev–Trinajstić information content (AvgIpc) is 2.84. The Morgan fingerprint density at radius 3 is 2.62 bits per heavy atom. The van der Waals surface area contributed by atoms with Gasteiger partial charge in [-0.2, -0.15) is 4.98 Å². The highest BCUT2D eigenvalue weighted by atomic mass is 16.5. The number of aryl methyl sites for hydroxylation is 1. The van der Waals surface area contributed by atoms with Gasteiger partial charge in [-0.1, -0.05) is 25.1 Å². The molecule has 1 aliphatic rings. The predicted molar refractivity (Wildman–Crippen MR) is 83.8 cm³/mol. The van der Waals surface area contributed by atoms with Gasteiger partial charge in [0.2, 0.25) is 5.89 Å². The summed E-state index contributed by atoms with van der Waals surface area (Å²) in [5.74, 6) is 1.49. The monoisotopic (exact) mass is 286 g/mol. The lowest BCUT2D eigenvalue weighted by Crippen LogP contribution is -2.31. The second kappa shape index (κ2) is 6.61. The number of rotatable bonds is 4. The zero-order valence-electron chi connectivity index (χ0n) is 12.5. The fourth-order valence-corrected chi connectivity index (χ4v) is 2.70. The van der Waals surface area contributed by atoms with Crippen LogP contribution in [-0.2, 0) is 6.42 Å². The van der Waals surface area contributed by atoms with E-state index in [9.17, 15) is 0 Å². The third-order valence-electron chi connectivity index (χ3n) is 3.82. The van der Waals surface area contributed by atoms with Crippen LogP contribution >= 0.6 is 0 Å². The van der Waals surface area contributed by atoms with Gasteiger partial charge in [0.05, 0.1) is 0 Å². The van der Waals surface area contributed by atoms with E-state index in [1.54, 1.807) is 0 Å². The summed E-state index contributed by atoms with van der Waals surface area (Å²) >= 11 is 0. The molecule has 0 spiro atoms. The lowest BCUT2D eigenvalue weighted by atomic mass is 10.3. The molecule has 0 radical (unpaired) electrons. The molecule has 1 aromatic heterocycles. The van der Waals surface area contributed by atoms with E-state index in [-0.39, 0.29) is 0 Å². The van der Waals surface area contributed by atoms with Crippen molar-refractivity contribution in [2.75, 3.05) is 36.0 Å². The summed E-state index contributed by atoms with van der Waals surface area (Å²) < 4.78 is 5.29. The van der Waals surface area contributed by atoms with Crippen LogP contribution in [0, 0.1) is 0 Å². The van der Waals surface area contributed by atoms with Crippen molar-refractivity contribution in [2.45, 2.75) is 26.2 Å². The largest absolute Gasteiger partial charge is 0.370 e. The SMILES string of the molecule is CCCc1nc(N2CCCN(c3ccccc3)CC2)no1. The zero-order valence-corrected chi connectivity index (χ0v) is 12.5. The zero-order chi connectivity index (χ0) is 14.5. The second-order valence-electron chi connectivity index (χ2n) is 5.40. The highest BCUT2D eigenvalue weighted by molar-refractivity contribution is 5.46. The van der Waals surface area contributed by atoms with Crippen molar-refractivity contribution in [2.24, 2.45) is 0 Å². The van der Waals surface area contributed by atoms with E-state index in [4.69, 9.17) is 4.52 Å². The number of hydrogen-bond acceptors (Lipinski definition) is 5. The topological polar surface area (TPSA) is 45.4 Å². The molecule has 0 saturated carbocycles. The number of aromatic nitrogens is 2. The van der Waals surface area contributed by atoms with Crippen LogP contribution in [-0.4, -0.2) is 36.3 Å². The minimum atomic E-state index is 0.744. The smallest absolute Gasteiger partial charge is 0.266 e. The van der Waals surface area contributed by atoms with E-state index < -0.39 is 0 Å². The maximum absolute atomic E-state index is 5.29. The molecule has 3 rings (SSSR count). The number of nitrogens with zero attached hydrogens (tertiary/aromatic N) is 4. The molecule has 0 atom stereocenters. The van der Waals surface area contributed by atoms with Crippen molar-refractivity contribution < 1.29 is 4.52 Å². The molecule has 21 heavy (non-hydrogen) atoms. The van der Waals surface area contributed by atoms with E-state index in [1.807, 2.05) is 0 Å². The summed E-state index contributed by atoms with van der Waals surface area (Å²) in [5.41, 5.74) is 1.29. The van der Waals surface area contributed by atoms with Crippen LogP contribution in [0.15, 0.2) is 34.9 Å². The minimum Gasteiger partial charge on any atom is -0.370 e. The minimum absolute atomic E-state index is 0.744. The molecular weight excluding hydrogens is 264 g/mol. The molecule has 2 aromatic rings. The van der Waals surface area contributed by atoms with E-state index in [0.29, 0.717) is 0 Å². The Hall–Kier alpha value is -2.04. The molecule has 2 heterocycles. The van der Waals surface area contributed by atoms with Gasteiger partial charge < -0.3 is 14.3 Å². The Kier molecular flexibility index (Phi) is 4.38. The fraction of sp³-hybridized carbons (Fsp3) is 0.500. The standard InChI is InChI=1S/C16H22N4O/c1-2-7-15-17-16(18-21-15)20-11-6-10-19(12-13-20)14-8-4-3-5-9-14/h3-5,8-9H,2,6-7,10-13H2,1H3. The van der Waals surface area contributed by atoms with Gasteiger partial charge in [-0.15, -0.1) is 0 Å². The summed E-state index contributed by atoms with van der Waals surface area (Å²) in [7, 11) is 0. The Balaban J connectivity index is 1.65. The first-order chi connectivity index (χ1) is 10.4. The fourth-order valence-electron chi connectivity index (χ4n) is 2.70. The maximum Gasteiger partial charge on any atom is 0.266 e. The summed E-state index contributed by atoms with van der Waals surface area (Å²) in [6, 6.07) is 10.6. The first kappa shape index (κ1) is 13.9. The first-order valence-electron chi connectivity index (χ1n) is 7.74. The Bertz CT molecular complexity index is 554. The van der Waals surface area contributed by atoms with Crippen molar-refractivity contribution in [3.05, 3.63) is 36.2 Å². The highest BCUT2D eigenvalue weighted by Gasteiger charge is 2.19. The summed E-state index contributed by atoms with van der Waals surface area (Å²) in [6.07, 6.45) is 2.99. The van der Waals surface area contributed by atoms with Crippen LogP contribution in [0.1, 0.15) is 25.7 Å². The third kappa shape index (κ3) is 3.35. The maximum atomic E-state index is 5.29. The van der Waals surface area contributed by atoms with E-state index in [1.165, 1.54) is 5.69 Å².